The molecule has 4 heteroatoms. The lowest BCUT2D eigenvalue weighted by Crippen LogP contribution is -2.32. The Morgan fingerprint density at radius 1 is 0.706 bits per heavy atom. The highest BCUT2D eigenvalue weighted by Crippen LogP contribution is 2.35. The van der Waals surface area contributed by atoms with E-state index in [1.807, 2.05) is 69.3 Å². The predicted octanol–water partition coefficient (Wildman–Crippen LogP) is 7.37. The van der Waals surface area contributed by atoms with Crippen LogP contribution < -0.4 is 0 Å². The average Bonchev–Trinajstić information content (AvgIpc) is 2.79. The van der Waals surface area contributed by atoms with Crippen LogP contribution in [0.5, 0.6) is 0 Å². The summed E-state index contributed by atoms with van der Waals surface area (Å²) in [7, 11) is 0. The summed E-state index contributed by atoms with van der Waals surface area (Å²) in [5.41, 5.74) is 2.65. The van der Waals surface area contributed by atoms with E-state index >= 15 is 0 Å². The molecule has 2 unspecified atom stereocenters. The fourth-order valence-electron chi connectivity index (χ4n) is 4.40. The second-order valence-electron chi connectivity index (χ2n) is 10.1. The number of carbonyl (C=O) groups excluding carboxylic acids is 1. The second kappa shape index (κ2) is 12.0. The van der Waals surface area contributed by atoms with Crippen LogP contribution in [0.25, 0.3) is 0 Å². The highest BCUT2D eigenvalue weighted by atomic mass is 16.4. The number of aliphatic hydroxyl groups excluding tert-OH is 1. The molecule has 0 aliphatic rings. The first-order chi connectivity index (χ1) is 16.0. The van der Waals surface area contributed by atoms with Crippen LogP contribution in [-0.4, -0.2) is 22.0 Å². The van der Waals surface area contributed by atoms with Gasteiger partial charge in [0.05, 0.1) is 11.2 Å². The summed E-state index contributed by atoms with van der Waals surface area (Å²) in [6.45, 7) is 11.6. The van der Waals surface area contributed by atoms with E-state index < -0.39 is 16.8 Å². The van der Waals surface area contributed by atoms with E-state index in [0.717, 1.165) is 36.0 Å². The standard InChI is InChI=1S/C30H40O4/c1-22-12-16-25(17-13-22)29(4,24(3)31)20-8-6-10-27(32)11-7-9-21-30(5,28(33)34)26-18-14-23(2)15-19-26/h12-19,31H,3,6-11,20-21H2,1-2,4-5H3,(H,33,34). The largest absolute Gasteiger partial charge is 0.512 e. The van der Waals surface area contributed by atoms with Crippen LogP contribution in [-0.2, 0) is 20.4 Å². The van der Waals surface area contributed by atoms with Gasteiger partial charge in [-0.3, -0.25) is 9.59 Å². The number of benzene rings is 2. The molecule has 2 N–H and O–H groups in total. The summed E-state index contributed by atoms with van der Waals surface area (Å²) >= 11 is 0. The number of hydrogen-bond acceptors (Lipinski definition) is 3. The summed E-state index contributed by atoms with van der Waals surface area (Å²) in [4.78, 5) is 24.4. The number of aryl methyl sites for hydroxylation is 2. The molecule has 184 valence electrons. The zero-order valence-corrected chi connectivity index (χ0v) is 21.2. The smallest absolute Gasteiger partial charge is 0.313 e. The van der Waals surface area contributed by atoms with Crippen molar-refractivity contribution < 1.29 is 19.8 Å². The number of aliphatic hydroxyl groups is 1. The van der Waals surface area contributed by atoms with Crippen molar-refractivity contribution in [2.24, 2.45) is 0 Å². The van der Waals surface area contributed by atoms with Gasteiger partial charge in [0, 0.05) is 18.3 Å². The Morgan fingerprint density at radius 2 is 1.09 bits per heavy atom. The molecule has 0 saturated heterocycles. The lowest BCUT2D eigenvalue weighted by atomic mass is 9.76. The molecule has 0 saturated carbocycles. The predicted molar refractivity (Wildman–Crippen MR) is 138 cm³/mol. The van der Waals surface area contributed by atoms with Crippen molar-refractivity contribution in [2.45, 2.75) is 89.9 Å². The van der Waals surface area contributed by atoms with Gasteiger partial charge in [-0.05, 0) is 64.5 Å². The van der Waals surface area contributed by atoms with Gasteiger partial charge in [-0.2, -0.15) is 0 Å². The Bertz CT molecular complexity index is 894. The van der Waals surface area contributed by atoms with Crippen molar-refractivity contribution in [3.63, 3.8) is 0 Å². The number of carboxylic acid groups (broad SMARTS) is 1. The molecule has 0 aromatic heterocycles. The second-order valence-corrected chi connectivity index (χ2v) is 10.1. The van der Waals surface area contributed by atoms with Gasteiger partial charge in [-0.15, -0.1) is 0 Å². The van der Waals surface area contributed by atoms with Crippen molar-refractivity contribution in [3.05, 3.63) is 83.1 Å². The van der Waals surface area contributed by atoms with Gasteiger partial charge >= 0.3 is 5.97 Å². The molecule has 2 atom stereocenters. The molecule has 0 aliphatic carbocycles. The Labute approximate surface area is 204 Å². The van der Waals surface area contributed by atoms with Crippen LogP contribution in [0.15, 0.2) is 60.9 Å². The van der Waals surface area contributed by atoms with Crippen LogP contribution in [0.4, 0.5) is 0 Å². The van der Waals surface area contributed by atoms with Crippen LogP contribution in [0, 0.1) is 13.8 Å². The molecule has 4 nitrogen and oxygen atoms in total. The number of hydrogen-bond donors (Lipinski definition) is 2. The van der Waals surface area contributed by atoms with Gasteiger partial charge in [0.1, 0.15) is 5.78 Å². The Kier molecular flexibility index (Phi) is 9.66. The maximum atomic E-state index is 12.4. The van der Waals surface area contributed by atoms with Gasteiger partial charge in [-0.1, -0.05) is 79.1 Å². The summed E-state index contributed by atoms with van der Waals surface area (Å²) in [6, 6.07) is 15.8. The normalized spacial score (nSPS) is 14.7. The van der Waals surface area contributed by atoms with Gasteiger partial charge in [0.25, 0.3) is 0 Å². The molecule has 0 bridgehead atoms. The average molecular weight is 465 g/mol. The molecule has 0 fully saturated rings. The summed E-state index contributed by atoms with van der Waals surface area (Å²) in [6.07, 6.45) is 5.20. The Hall–Kier alpha value is -2.88. The first-order valence-electron chi connectivity index (χ1n) is 12.3. The summed E-state index contributed by atoms with van der Waals surface area (Å²) in [5, 5.41) is 20.1. The SMILES string of the molecule is C=C(O)C(C)(CCCCC(=O)CCCCC(C)(C(=O)O)c1ccc(C)cc1)c1ccc(C)cc1. The van der Waals surface area contributed by atoms with E-state index in [1.165, 1.54) is 5.56 Å². The van der Waals surface area contributed by atoms with E-state index in [2.05, 4.69) is 6.58 Å². The third kappa shape index (κ3) is 7.06. The van der Waals surface area contributed by atoms with Crippen LogP contribution in [0.1, 0.15) is 87.5 Å². The first-order valence-corrected chi connectivity index (χ1v) is 12.3. The third-order valence-electron chi connectivity index (χ3n) is 7.25. The van der Waals surface area contributed by atoms with Gasteiger partial charge in [0.2, 0.25) is 0 Å². The van der Waals surface area contributed by atoms with E-state index in [4.69, 9.17) is 0 Å². The maximum absolute atomic E-state index is 12.4. The number of Topliss-reactive ketones (excluding diaryl/α,β-unsaturated/α-hetero) is 1. The molecule has 0 aliphatic heterocycles. The maximum Gasteiger partial charge on any atom is 0.313 e. The fraction of sp³-hybridized carbons (Fsp3) is 0.467. The van der Waals surface area contributed by atoms with E-state index in [-0.39, 0.29) is 11.5 Å². The fourth-order valence-corrected chi connectivity index (χ4v) is 4.40. The first kappa shape index (κ1) is 27.4. The lowest BCUT2D eigenvalue weighted by molar-refractivity contribution is -0.143. The Balaban J connectivity index is 1.77. The molecule has 0 heterocycles. The highest BCUT2D eigenvalue weighted by molar-refractivity contribution is 5.81. The number of rotatable bonds is 14. The van der Waals surface area contributed by atoms with E-state index in [9.17, 15) is 19.8 Å². The third-order valence-corrected chi connectivity index (χ3v) is 7.25. The van der Waals surface area contributed by atoms with Crippen molar-refractivity contribution >= 4 is 11.8 Å². The molecular weight excluding hydrogens is 424 g/mol. The number of aliphatic carboxylic acids is 1. The van der Waals surface area contributed by atoms with Crippen molar-refractivity contribution in [1.29, 1.82) is 0 Å². The zero-order chi connectivity index (χ0) is 25.4. The van der Waals surface area contributed by atoms with Crippen molar-refractivity contribution in [1.82, 2.24) is 0 Å². The molecule has 0 radical (unpaired) electrons. The number of allylic oxidation sites excluding steroid dienone is 1. The van der Waals surface area contributed by atoms with Crippen LogP contribution in [0.3, 0.4) is 0 Å². The van der Waals surface area contributed by atoms with Crippen LogP contribution in [0.2, 0.25) is 0 Å². The quantitative estimate of drug-likeness (QED) is 0.226. The minimum atomic E-state index is -0.941. The van der Waals surface area contributed by atoms with Crippen molar-refractivity contribution in [2.75, 3.05) is 0 Å². The Morgan fingerprint density at radius 3 is 1.47 bits per heavy atom. The molecule has 2 aromatic rings. The zero-order valence-electron chi connectivity index (χ0n) is 21.2. The minimum absolute atomic E-state index is 0.151. The molecule has 0 amide bonds. The number of ketones is 1. The van der Waals surface area contributed by atoms with Crippen LogP contribution >= 0.6 is 0 Å². The number of unbranched alkanes of at least 4 members (excludes halogenated alkanes) is 2. The number of carbonyl (C=O) groups is 2. The lowest BCUT2D eigenvalue weighted by Gasteiger charge is -2.29. The minimum Gasteiger partial charge on any atom is -0.512 e. The number of carboxylic acids is 1. The topological polar surface area (TPSA) is 74.6 Å². The summed E-state index contributed by atoms with van der Waals surface area (Å²) < 4.78 is 0. The summed E-state index contributed by atoms with van der Waals surface area (Å²) in [5.74, 6) is -0.463. The monoisotopic (exact) mass is 464 g/mol. The van der Waals surface area contributed by atoms with Gasteiger partial charge in [-0.25, -0.2) is 0 Å². The van der Waals surface area contributed by atoms with E-state index in [1.54, 1.807) is 6.92 Å². The highest BCUT2D eigenvalue weighted by Gasteiger charge is 2.34. The van der Waals surface area contributed by atoms with Crippen molar-refractivity contribution in [3.8, 4) is 0 Å². The van der Waals surface area contributed by atoms with E-state index in [0.29, 0.717) is 32.1 Å². The molecular formula is C30H40O4. The molecule has 34 heavy (non-hydrogen) atoms. The molecule has 2 rings (SSSR count). The van der Waals surface area contributed by atoms with Gasteiger partial charge < -0.3 is 10.2 Å². The molecule has 0 spiro atoms. The van der Waals surface area contributed by atoms with Gasteiger partial charge in [0.15, 0.2) is 0 Å². The molecule has 2 aromatic carbocycles.